The first-order valence-corrected chi connectivity index (χ1v) is 6.77. The fraction of sp³-hybridized carbons (Fsp3) is 0.529. The highest BCUT2D eigenvalue weighted by Gasteiger charge is 2.34. The molecule has 0 aliphatic heterocycles. The molecule has 1 aromatic carbocycles. The molecule has 0 heterocycles. The van der Waals surface area contributed by atoms with Crippen LogP contribution in [0.4, 0.5) is 0 Å². The van der Waals surface area contributed by atoms with Crippen LogP contribution < -0.4 is 0 Å². The maximum atomic E-state index is 3.50. The summed E-state index contributed by atoms with van der Waals surface area (Å²) in [6.45, 7) is 4.29. The summed E-state index contributed by atoms with van der Waals surface area (Å²) in [6, 6.07) is 10.8. The van der Waals surface area contributed by atoms with Crippen molar-refractivity contribution in [2.45, 2.75) is 51.4 Å². The fourth-order valence-corrected chi connectivity index (χ4v) is 3.13. The summed E-state index contributed by atoms with van der Waals surface area (Å²) >= 11 is 0. The second-order valence-electron chi connectivity index (χ2n) is 5.28. The molecule has 1 saturated carbocycles. The van der Waals surface area contributed by atoms with E-state index in [1.54, 1.807) is 0 Å². The average molecular weight is 226 g/mol. The Morgan fingerprint density at radius 1 is 1.06 bits per heavy atom. The summed E-state index contributed by atoms with van der Waals surface area (Å²) in [5.74, 6) is 7.38. The van der Waals surface area contributed by atoms with E-state index >= 15 is 0 Å². The van der Waals surface area contributed by atoms with Crippen LogP contribution in [0.3, 0.4) is 0 Å². The van der Waals surface area contributed by atoms with Crippen LogP contribution in [-0.4, -0.2) is 0 Å². The normalized spacial score (nSPS) is 20.1. The number of rotatable bonds is 2. The molecule has 0 bridgehead atoms. The van der Waals surface area contributed by atoms with E-state index in [-0.39, 0.29) is 5.41 Å². The lowest BCUT2D eigenvalue weighted by Crippen LogP contribution is -2.32. The monoisotopic (exact) mass is 226 g/mol. The molecule has 0 N–H and O–H groups in total. The van der Waals surface area contributed by atoms with Gasteiger partial charge in [-0.05, 0) is 38.2 Å². The molecule has 2 rings (SSSR count). The highest BCUT2D eigenvalue weighted by molar-refractivity contribution is 5.35. The lowest BCUT2D eigenvalue weighted by molar-refractivity contribution is 0.269. The van der Waals surface area contributed by atoms with Crippen LogP contribution in [-0.2, 0) is 5.41 Å². The lowest BCUT2D eigenvalue weighted by atomic mass is 9.66. The van der Waals surface area contributed by atoms with E-state index in [1.807, 2.05) is 6.92 Å². The van der Waals surface area contributed by atoms with Crippen molar-refractivity contribution in [2.24, 2.45) is 5.92 Å². The van der Waals surface area contributed by atoms with Crippen LogP contribution in [0, 0.1) is 17.8 Å². The highest BCUT2D eigenvalue weighted by Crippen LogP contribution is 2.40. The van der Waals surface area contributed by atoms with Gasteiger partial charge in [-0.2, -0.15) is 0 Å². The maximum absolute atomic E-state index is 3.50. The van der Waals surface area contributed by atoms with Crippen molar-refractivity contribution >= 4 is 0 Å². The molecular formula is C17H22. The van der Waals surface area contributed by atoms with Crippen molar-refractivity contribution in [3.8, 4) is 11.8 Å². The molecule has 0 aromatic heterocycles. The van der Waals surface area contributed by atoms with Crippen LogP contribution in [0.5, 0.6) is 0 Å². The molecular weight excluding hydrogens is 204 g/mol. The molecule has 0 nitrogen and oxygen atoms in total. The predicted octanol–water partition coefficient (Wildman–Crippen LogP) is 4.55. The van der Waals surface area contributed by atoms with Gasteiger partial charge in [0.05, 0.1) is 5.41 Å². The summed E-state index contributed by atoms with van der Waals surface area (Å²) in [5, 5.41) is 0. The van der Waals surface area contributed by atoms with Crippen LogP contribution >= 0.6 is 0 Å². The van der Waals surface area contributed by atoms with Crippen molar-refractivity contribution in [1.82, 2.24) is 0 Å². The third-order valence-corrected chi connectivity index (χ3v) is 4.18. The minimum Gasteiger partial charge on any atom is -0.106 e. The quantitative estimate of drug-likeness (QED) is 0.649. The number of hydrogen-bond donors (Lipinski definition) is 0. The molecule has 0 spiro atoms. The maximum Gasteiger partial charge on any atom is 0.0562 e. The smallest absolute Gasteiger partial charge is 0.0562 e. The Hall–Kier alpha value is -1.22. The van der Waals surface area contributed by atoms with Crippen LogP contribution in [0.25, 0.3) is 0 Å². The van der Waals surface area contributed by atoms with Gasteiger partial charge in [-0.3, -0.25) is 0 Å². The second kappa shape index (κ2) is 5.41. The van der Waals surface area contributed by atoms with Gasteiger partial charge in [-0.25, -0.2) is 0 Å². The minimum atomic E-state index is 0.0520. The largest absolute Gasteiger partial charge is 0.106 e. The van der Waals surface area contributed by atoms with E-state index in [0.717, 1.165) is 5.92 Å². The molecule has 1 aliphatic carbocycles. The van der Waals surface area contributed by atoms with Crippen molar-refractivity contribution in [1.29, 1.82) is 0 Å². The van der Waals surface area contributed by atoms with Crippen LogP contribution in [0.1, 0.15) is 51.5 Å². The first-order valence-electron chi connectivity index (χ1n) is 6.77. The molecule has 0 saturated heterocycles. The molecule has 1 unspecified atom stereocenters. The van der Waals surface area contributed by atoms with E-state index in [0.29, 0.717) is 0 Å². The Morgan fingerprint density at radius 2 is 1.71 bits per heavy atom. The van der Waals surface area contributed by atoms with E-state index < -0.39 is 0 Å². The molecule has 1 aliphatic rings. The third kappa shape index (κ3) is 2.55. The second-order valence-corrected chi connectivity index (χ2v) is 5.28. The Balaban J connectivity index is 2.33. The van der Waals surface area contributed by atoms with Gasteiger partial charge in [-0.15, -0.1) is 5.92 Å². The first-order chi connectivity index (χ1) is 8.27. The lowest BCUT2D eigenvalue weighted by Gasteiger charge is -2.36. The standard InChI is InChI=1S/C17H22/c1-3-14-17(2,15-10-6-4-7-11-15)16-12-8-5-9-13-16/h4,6-7,10-11,16H,5,8-9,12-13H2,1-2H3. The Kier molecular flexibility index (Phi) is 3.89. The third-order valence-electron chi connectivity index (χ3n) is 4.18. The highest BCUT2D eigenvalue weighted by atomic mass is 14.4. The van der Waals surface area contributed by atoms with Crippen molar-refractivity contribution in [3.05, 3.63) is 35.9 Å². The van der Waals surface area contributed by atoms with Crippen molar-refractivity contribution < 1.29 is 0 Å². The summed E-state index contributed by atoms with van der Waals surface area (Å²) in [4.78, 5) is 0. The predicted molar refractivity (Wildman–Crippen MR) is 73.8 cm³/mol. The first kappa shape index (κ1) is 12.2. The van der Waals surface area contributed by atoms with Gasteiger partial charge in [0.15, 0.2) is 0 Å². The van der Waals surface area contributed by atoms with E-state index in [4.69, 9.17) is 0 Å². The Bertz CT molecular complexity index is 401. The van der Waals surface area contributed by atoms with Crippen LogP contribution in [0.15, 0.2) is 30.3 Å². The molecule has 1 fully saturated rings. The summed E-state index contributed by atoms with van der Waals surface area (Å²) in [5.41, 5.74) is 1.44. The SMILES string of the molecule is CC#CC(C)(c1ccccc1)C1CCCCC1. The molecule has 1 atom stereocenters. The van der Waals surface area contributed by atoms with Gasteiger partial charge in [0.2, 0.25) is 0 Å². The molecule has 1 aromatic rings. The van der Waals surface area contributed by atoms with Gasteiger partial charge in [-0.1, -0.05) is 55.5 Å². The minimum absolute atomic E-state index is 0.0520. The number of hydrogen-bond acceptors (Lipinski definition) is 0. The zero-order valence-electron chi connectivity index (χ0n) is 11.0. The van der Waals surface area contributed by atoms with E-state index in [1.165, 1.54) is 37.7 Å². The Labute approximate surface area is 105 Å². The Morgan fingerprint density at radius 3 is 2.29 bits per heavy atom. The summed E-state index contributed by atoms with van der Waals surface area (Å²) < 4.78 is 0. The summed E-state index contributed by atoms with van der Waals surface area (Å²) in [7, 11) is 0. The average Bonchev–Trinajstić information content (AvgIpc) is 2.41. The fourth-order valence-electron chi connectivity index (χ4n) is 3.13. The molecule has 0 amide bonds. The zero-order valence-corrected chi connectivity index (χ0v) is 11.0. The van der Waals surface area contributed by atoms with E-state index in [9.17, 15) is 0 Å². The molecule has 0 heteroatoms. The van der Waals surface area contributed by atoms with Crippen molar-refractivity contribution in [3.63, 3.8) is 0 Å². The van der Waals surface area contributed by atoms with Gasteiger partial charge in [0.1, 0.15) is 0 Å². The topological polar surface area (TPSA) is 0 Å². The molecule has 0 radical (unpaired) electrons. The summed E-state index contributed by atoms with van der Waals surface area (Å²) in [6.07, 6.45) is 6.82. The zero-order chi connectivity index (χ0) is 12.1. The van der Waals surface area contributed by atoms with Gasteiger partial charge >= 0.3 is 0 Å². The van der Waals surface area contributed by atoms with Gasteiger partial charge in [0, 0.05) is 0 Å². The number of benzene rings is 1. The molecule has 90 valence electrons. The molecule has 17 heavy (non-hydrogen) atoms. The van der Waals surface area contributed by atoms with E-state index in [2.05, 4.69) is 49.1 Å². The van der Waals surface area contributed by atoms with Crippen LogP contribution in [0.2, 0.25) is 0 Å². The van der Waals surface area contributed by atoms with Crippen molar-refractivity contribution in [2.75, 3.05) is 0 Å². The van der Waals surface area contributed by atoms with Gasteiger partial charge in [0.25, 0.3) is 0 Å². The van der Waals surface area contributed by atoms with Gasteiger partial charge < -0.3 is 0 Å².